The Morgan fingerprint density at radius 3 is 2.65 bits per heavy atom. The van der Waals surface area contributed by atoms with Crippen molar-refractivity contribution in [3.8, 4) is 0 Å². The lowest BCUT2D eigenvalue weighted by Gasteiger charge is -2.10. The fourth-order valence-electron chi connectivity index (χ4n) is 1.32. The largest absolute Gasteiger partial charge is 0.379 e. The lowest BCUT2D eigenvalue weighted by atomic mass is 10.3. The predicted molar refractivity (Wildman–Crippen MR) is 68.5 cm³/mol. The Labute approximate surface area is 111 Å². The summed E-state index contributed by atoms with van der Waals surface area (Å²) < 4.78 is 13.6. The van der Waals surface area contributed by atoms with Gasteiger partial charge in [-0.1, -0.05) is 11.6 Å². The first-order chi connectivity index (χ1) is 8.16. The maximum atomic E-state index is 13.0. The molecular formula is C11H8BrClFN3. The molecule has 2 aromatic rings. The van der Waals surface area contributed by atoms with E-state index in [1.807, 2.05) is 0 Å². The van der Waals surface area contributed by atoms with Crippen molar-refractivity contribution < 1.29 is 4.39 Å². The van der Waals surface area contributed by atoms with Crippen LogP contribution in [0.2, 0.25) is 5.02 Å². The van der Waals surface area contributed by atoms with E-state index in [-0.39, 0.29) is 5.82 Å². The summed E-state index contributed by atoms with van der Waals surface area (Å²) in [5.74, 6) is -0.379. The smallest absolute Gasteiger partial charge is 0.125 e. The predicted octanol–water partition coefficient (Wildman–Crippen LogP) is 3.64. The van der Waals surface area contributed by atoms with Crippen molar-refractivity contribution in [2.75, 3.05) is 5.32 Å². The number of halogens is 3. The Morgan fingerprint density at radius 2 is 2.00 bits per heavy atom. The Hall–Kier alpha value is -1.20. The molecule has 6 heteroatoms. The molecule has 3 nitrogen and oxygen atoms in total. The molecular weight excluding hydrogens is 308 g/mol. The minimum atomic E-state index is -0.379. The third kappa shape index (κ3) is 3.14. The molecule has 0 atom stereocenters. The van der Waals surface area contributed by atoms with Crippen molar-refractivity contribution in [1.82, 2.24) is 9.97 Å². The lowest BCUT2D eigenvalue weighted by Crippen LogP contribution is -2.02. The van der Waals surface area contributed by atoms with Gasteiger partial charge in [-0.05, 0) is 28.1 Å². The first-order valence-electron chi connectivity index (χ1n) is 4.79. The number of hydrogen-bond acceptors (Lipinski definition) is 3. The summed E-state index contributed by atoms with van der Waals surface area (Å²) in [6, 6.07) is 2.62. The van der Waals surface area contributed by atoms with E-state index < -0.39 is 0 Å². The molecule has 1 aromatic heterocycles. The molecule has 0 bridgehead atoms. The van der Waals surface area contributed by atoms with Gasteiger partial charge in [0.15, 0.2) is 0 Å². The third-order valence-corrected chi connectivity index (χ3v) is 3.01. The molecule has 1 aromatic carbocycles. The molecule has 0 unspecified atom stereocenters. The molecule has 1 N–H and O–H groups in total. The van der Waals surface area contributed by atoms with Crippen LogP contribution in [0.4, 0.5) is 10.1 Å². The van der Waals surface area contributed by atoms with Crippen LogP contribution in [0.25, 0.3) is 0 Å². The van der Waals surface area contributed by atoms with Gasteiger partial charge in [-0.2, -0.15) is 0 Å². The third-order valence-electron chi connectivity index (χ3n) is 2.09. The molecule has 0 saturated heterocycles. The van der Waals surface area contributed by atoms with Gasteiger partial charge in [-0.15, -0.1) is 0 Å². The molecule has 88 valence electrons. The molecule has 2 rings (SSSR count). The number of benzene rings is 1. The number of anilines is 1. The zero-order valence-electron chi connectivity index (χ0n) is 8.62. The van der Waals surface area contributed by atoms with Crippen LogP contribution in [-0.4, -0.2) is 9.97 Å². The van der Waals surface area contributed by atoms with Crippen molar-refractivity contribution in [2.24, 2.45) is 0 Å². The van der Waals surface area contributed by atoms with Gasteiger partial charge in [0.1, 0.15) is 12.1 Å². The highest BCUT2D eigenvalue weighted by Gasteiger charge is 2.07. The second-order valence-electron chi connectivity index (χ2n) is 3.34. The van der Waals surface area contributed by atoms with E-state index in [1.54, 1.807) is 12.4 Å². The van der Waals surface area contributed by atoms with Crippen LogP contribution < -0.4 is 5.32 Å². The van der Waals surface area contributed by atoms with Crippen molar-refractivity contribution in [3.63, 3.8) is 0 Å². The summed E-state index contributed by atoms with van der Waals surface area (Å²) in [7, 11) is 0. The Kier molecular flexibility index (Phi) is 3.91. The zero-order chi connectivity index (χ0) is 12.3. The molecule has 0 aliphatic heterocycles. The number of rotatable bonds is 3. The van der Waals surface area contributed by atoms with E-state index in [0.29, 0.717) is 21.7 Å². The normalized spacial score (nSPS) is 10.3. The quantitative estimate of drug-likeness (QED) is 0.939. The second-order valence-corrected chi connectivity index (χ2v) is 4.61. The first kappa shape index (κ1) is 12.3. The SMILES string of the molecule is Fc1cc(Cl)c(NCc2cncnc2)c(Br)c1. The van der Waals surface area contributed by atoms with E-state index in [0.717, 1.165) is 5.56 Å². The monoisotopic (exact) mass is 315 g/mol. The van der Waals surface area contributed by atoms with Crippen molar-refractivity contribution in [1.29, 1.82) is 0 Å². The highest BCUT2D eigenvalue weighted by molar-refractivity contribution is 9.10. The standard InChI is InChI=1S/C11H8BrClFN3/c12-9-1-8(14)2-10(13)11(9)17-5-7-3-15-6-16-4-7/h1-4,6,17H,5H2. The van der Waals surface area contributed by atoms with E-state index in [9.17, 15) is 4.39 Å². The van der Waals surface area contributed by atoms with Gasteiger partial charge in [0.05, 0.1) is 10.7 Å². The number of nitrogens with one attached hydrogen (secondary N) is 1. The van der Waals surface area contributed by atoms with E-state index >= 15 is 0 Å². The Bertz CT molecular complexity index is 498. The molecule has 1 heterocycles. The number of aromatic nitrogens is 2. The number of hydrogen-bond donors (Lipinski definition) is 1. The van der Waals surface area contributed by atoms with E-state index in [4.69, 9.17) is 11.6 Å². The molecule has 17 heavy (non-hydrogen) atoms. The van der Waals surface area contributed by atoms with E-state index in [2.05, 4.69) is 31.2 Å². The molecule has 0 saturated carbocycles. The molecule has 0 aliphatic rings. The van der Waals surface area contributed by atoms with Crippen LogP contribution in [0.15, 0.2) is 35.3 Å². The fourth-order valence-corrected chi connectivity index (χ4v) is 2.28. The molecule has 0 radical (unpaired) electrons. The Balaban J connectivity index is 2.15. The van der Waals surface area contributed by atoms with Gasteiger partial charge in [0.2, 0.25) is 0 Å². The summed E-state index contributed by atoms with van der Waals surface area (Å²) >= 11 is 9.19. The lowest BCUT2D eigenvalue weighted by molar-refractivity contribution is 0.627. The summed E-state index contributed by atoms with van der Waals surface area (Å²) in [5.41, 5.74) is 1.57. The van der Waals surface area contributed by atoms with Gasteiger partial charge in [-0.3, -0.25) is 0 Å². The molecule has 0 spiro atoms. The second kappa shape index (κ2) is 5.42. The fraction of sp³-hybridized carbons (Fsp3) is 0.0909. The van der Waals surface area contributed by atoms with E-state index in [1.165, 1.54) is 18.5 Å². The summed E-state index contributed by atoms with van der Waals surface area (Å²) in [5, 5.41) is 3.43. The van der Waals surface area contributed by atoms with Gasteiger partial charge in [0, 0.05) is 29.0 Å². The number of nitrogens with zero attached hydrogens (tertiary/aromatic N) is 2. The zero-order valence-corrected chi connectivity index (χ0v) is 11.0. The summed E-state index contributed by atoms with van der Waals surface area (Å²) in [4.78, 5) is 7.80. The van der Waals surface area contributed by atoms with Crippen LogP contribution in [0.3, 0.4) is 0 Å². The van der Waals surface area contributed by atoms with Gasteiger partial charge >= 0.3 is 0 Å². The summed E-state index contributed by atoms with van der Waals surface area (Å²) in [6.45, 7) is 0.519. The summed E-state index contributed by atoms with van der Waals surface area (Å²) in [6.07, 6.45) is 4.86. The van der Waals surface area contributed by atoms with Gasteiger partial charge < -0.3 is 5.32 Å². The van der Waals surface area contributed by atoms with Crippen LogP contribution in [0, 0.1) is 5.82 Å². The average Bonchev–Trinajstić information content (AvgIpc) is 2.29. The van der Waals surface area contributed by atoms with Crippen molar-refractivity contribution >= 4 is 33.2 Å². The maximum absolute atomic E-state index is 13.0. The van der Waals surface area contributed by atoms with Gasteiger partial charge in [-0.25, -0.2) is 14.4 Å². The van der Waals surface area contributed by atoms with Crippen LogP contribution in [-0.2, 0) is 6.54 Å². The Morgan fingerprint density at radius 1 is 1.29 bits per heavy atom. The molecule has 0 fully saturated rings. The molecule has 0 amide bonds. The minimum Gasteiger partial charge on any atom is -0.379 e. The first-order valence-corrected chi connectivity index (χ1v) is 5.96. The highest BCUT2D eigenvalue weighted by atomic mass is 79.9. The average molecular weight is 317 g/mol. The van der Waals surface area contributed by atoms with Crippen molar-refractivity contribution in [3.05, 3.63) is 51.7 Å². The maximum Gasteiger partial charge on any atom is 0.125 e. The van der Waals surface area contributed by atoms with Crippen LogP contribution >= 0.6 is 27.5 Å². The highest BCUT2D eigenvalue weighted by Crippen LogP contribution is 2.31. The van der Waals surface area contributed by atoms with Gasteiger partial charge in [0.25, 0.3) is 0 Å². The molecule has 0 aliphatic carbocycles. The van der Waals surface area contributed by atoms with Crippen molar-refractivity contribution in [2.45, 2.75) is 6.54 Å². The minimum absolute atomic E-state index is 0.328. The topological polar surface area (TPSA) is 37.8 Å². The van der Waals surface area contributed by atoms with Crippen LogP contribution in [0.5, 0.6) is 0 Å². The van der Waals surface area contributed by atoms with Crippen LogP contribution in [0.1, 0.15) is 5.56 Å².